The Bertz CT molecular complexity index is 441. The Morgan fingerprint density at radius 3 is 2.40 bits per heavy atom. The second kappa shape index (κ2) is 6.43. The van der Waals surface area contributed by atoms with Gasteiger partial charge in [-0.3, -0.25) is 4.79 Å². The monoisotopic (exact) mass is 302 g/mol. The summed E-state index contributed by atoms with van der Waals surface area (Å²) in [6.45, 7) is 6.12. The average Bonchev–Trinajstić information content (AvgIpc) is 2.88. The van der Waals surface area contributed by atoms with E-state index in [-0.39, 0.29) is 11.7 Å². The smallest absolute Gasteiger partial charge is 0.241 e. The minimum Gasteiger partial charge on any atom is -0.341 e. The molecule has 2 heterocycles. The van der Waals surface area contributed by atoms with Crippen molar-refractivity contribution in [3.8, 4) is 0 Å². The molecule has 0 unspecified atom stereocenters. The summed E-state index contributed by atoms with van der Waals surface area (Å²) in [5.41, 5.74) is 0. The number of sulfonamides is 1. The molecule has 0 aromatic heterocycles. The van der Waals surface area contributed by atoms with E-state index in [4.69, 9.17) is 0 Å². The fraction of sp³-hybridized carbons (Fsp3) is 0.929. The van der Waals surface area contributed by atoms with Gasteiger partial charge in [-0.25, -0.2) is 8.42 Å². The molecular formula is C14H26N2O3S. The molecule has 2 saturated heterocycles. The number of carbonyl (C=O) groups is 1. The summed E-state index contributed by atoms with van der Waals surface area (Å²) in [6.07, 6.45) is 4.12. The van der Waals surface area contributed by atoms with Gasteiger partial charge in [-0.1, -0.05) is 13.8 Å². The van der Waals surface area contributed by atoms with Crippen LogP contribution in [0.5, 0.6) is 0 Å². The van der Waals surface area contributed by atoms with Gasteiger partial charge in [-0.15, -0.1) is 0 Å². The number of amides is 1. The van der Waals surface area contributed by atoms with Crippen molar-refractivity contribution in [2.75, 3.05) is 25.4 Å². The van der Waals surface area contributed by atoms with Crippen LogP contribution in [-0.4, -0.2) is 55.0 Å². The van der Waals surface area contributed by atoms with Crippen molar-refractivity contribution in [2.45, 2.75) is 52.0 Å². The lowest BCUT2D eigenvalue weighted by Crippen LogP contribution is -2.50. The van der Waals surface area contributed by atoms with Gasteiger partial charge in [0.25, 0.3) is 0 Å². The molecule has 0 aliphatic carbocycles. The van der Waals surface area contributed by atoms with Gasteiger partial charge in [0.15, 0.2) is 0 Å². The highest BCUT2D eigenvalue weighted by molar-refractivity contribution is 7.89. The summed E-state index contributed by atoms with van der Waals surface area (Å²) in [5.74, 6) is 0.838. The Morgan fingerprint density at radius 1 is 1.15 bits per heavy atom. The van der Waals surface area contributed by atoms with Crippen LogP contribution in [0.1, 0.15) is 46.0 Å². The lowest BCUT2D eigenvalue weighted by atomic mass is 9.98. The third-order valence-electron chi connectivity index (χ3n) is 4.40. The number of hydrogen-bond acceptors (Lipinski definition) is 3. The fourth-order valence-corrected chi connectivity index (χ4v) is 4.88. The van der Waals surface area contributed by atoms with E-state index >= 15 is 0 Å². The van der Waals surface area contributed by atoms with Crippen molar-refractivity contribution in [1.29, 1.82) is 0 Å². The van der Waals surface area contributed by atoms with Crippen LogP contribution in [0.2, 0.25) is 0 Å². The minimum atomic E-state index is -3.27. The summed E-state index contributed by atoms with van der Waals surface area (Å²) < 4.78 is 25.9. The molecule has 0 N–H and O–H groups in total. The summed E-state index contributed by atoms with van der Waals surface area (Å²) in [6, 6.07) is -0.444. The molecule has 0 radical (unpaired) electrons. The first-order valence-corrected chi connectivity index (χ1v) is 9.35. The van der Waals surface area contributed by atoms with Crippen molar-refractivity contribution in [3.63, 3.8) is 0 Å². The molecule has 0 saturated carbocycles. The van der Waals surface area contributed by atoms with E-state index in [1.165, 1.54) is 4.31 Å². The van der Waals surface area contributed by atoms with Gasteiger partial charge in [0.1, 0.15) is 6.04 Å². The molecule has 116 valence electrons. The van der Waals surface area contributed by atoms with E-state index in [2.05, 4.69) is 6.92 Å². The maximum atomic E-state index is 12.6. The number of hydrogen-bond donors (Lipinski definition) is 0. The normalized spacial score (nSPS) is 26.1. The van der Waals surface area contributed by atoms with Gasteiger partial charge in [0.05, 0.1) is 5.75 Å². The zero-order chi connectivity index (χ0) is 14.8. The van der Waals surface area contributed by atoms with Crippen LogP contribution in [0.3, 0.4) is 0 Å². The molecule has 2 rings (SSSR count). The van der Waals surface area contributed by atoms with E-state index in [9.17, 15) is 13.2 Å². The van der Waals surface area contributed by atoms with Gasteiger partial charge < -0.3 is 4.90 Å². The van der Waals surface area contributed by atoms with Gasteiger partial charge >= 0.3 is 0 Å². The summed E-state index contributed by atoms with van der Waals surface area (Å²) in [4.78, 5) is 14.5. The fourth-order valence-electron chi connectivity index (χ4n) is 3.13. The molecule has 1 atom stereocenters. The predicted molar refractivity (Wildman–Crippen MR) is 78.8 cm³/mol. The third-order valence-corrected chi connectivity index (χ3v) is 6.48. The number of nitrogens with zero attached hydrogens (tertiary/aromatic N) is 2. The van der Waals surface area contributed by atoms with Gasteiger partial charge in [-0.05, 0) is 38.0 Å². The molecule has 5 nitrogen and oxygen atoms in total. The summed E-state index contributed by atoms with van der Waals surface area (Å²) in [5, 5.41) is 0. The average molecular weight is 302 g/mol. The highest BCUT2D eigenvalue weighted by Gasteiger charge is 2.40. The van der Waals surface area contributed by atoms with Crippen LogP contribution in [0, 0.1) is 5.92 Å². The lowest BCUT2D eigenvalue weighted by molar-refractivity contribution is -0.135. The van der Waals surface area contributed by atoms with Crippen LogP contribution in [0.4, 0.5) is 0 Å². The molecule has 1 amide bonds. The summed E-state index contributed by atoms with van der Waals surface area (Å²) >= 11 is 0. The standard InChI is InChI=1S/C14H26N2O3S/c1-3-11-20(18,19)16-8-4-5-13(16)14(17)15-9-6-12(2)7-10-15/h12-13H,3-11H2,1-2H3/t13-/m0/s1. The SMILES string of the molecule is CCCS(=O)(=O)N1CCC[C@H]1C(=O)N1CCC(C)CC1. The predicted octanol–water partition coefficient (Wildman–Crippen LogP) is 1.45. The van der Waals surface area contributed by atoms with E-state index in [0.29, 0.717) is 25.3 Å². The number of piperidine rings is 1. The second-order valence-electron chi connectivity index (χ2n) is 6.09. The summed E-state index contributed by atoms with van der Waals surface area (Å²) in [7, 11) is -3.27. The van der Waals surface area contributed by atoms with Gasteiger partial charge in [0.2, 0.25) is 15.9 Å². The molecule has 0 spiro atoms. The molecule has 2 fully saturated rings. The van der Waals surface area contributed by atoms with Crippen molar-refractivity contribution < 1.29 is 13.2 Å². The van der Waals surface area contributed by atoms with E-state index in [1.807, 2.05) is 11.8 Å². The van der Waals surface area contributed by atoms with Gasteiger partial charge in [0, 0.05) is 19.6 Å². The second-order valence-corrected chi connectivity index (χ2v) is 8.13. The topological polar surface area (TPSA) is 57.7 Å². The van der Waals surface area contributed by atoms with Crippen LogP contribution < -0.4 is 0 Å². The molecule has 2 aliphatic heterocycles. The van der Waals surface area contributed by atoms with Crippen molar-refractivity contribution >= 4 is 15.9 Å². The maximum absolute atomic E-state index is 12.6. The number of carbonyl (C=O) groups excluding carboxylic acids is 1. The van der Waals surface area contributed by atoms with E-state index in [1.54, 1.807) is 0 Å². The molecule has 2 aliphatic rings. The largest absolute Gasteiger partial charge is 0.341 e. The van der Waals surface area contributed by atoms with E-state index in [0.717, 1.165) is 32.4 Å². The first-order valence-electron chi connectivity index (χ1n) is 7.74. The van der Waals surface area contributed by atoms with Crippen LogP contribution in [0.25, 0.3) is 0 Å². The highest BCUT2D eigenvalue weighted by atomic mass is 32.2. The molecule has 6 heteroatoms. The number of rotatable bonds is 4. The first kappa shape index (κ1) is 15.8. The van der Waals surface area contributed by atoms with Gasteiger partial charge in [-0.2, -0.15) is 4.31 Å². The Morgan fingerprint density at radius 2 is 1.80 bits per heavy atom. The quantitative estimate of drug-likeness (QED) is 0.790. The van der Waals surface area contributed by atoms with Crippen molar-refractivity contribution in [3.05, 3.63) is 0 Å². The van der Waals surface area contributed by atoms with Crippen molar-refractivity contribution in [1.82, 2.24) is 9.21 Å². The third kappa shape index (κ3) is 3.34. The minimum absolute atomic E-state index is 0.0223. The lowest BCUT2D eigenvalue weighted by Gasteiger charge is -2.34. The molecular weight excluding hydrogens is 276 g/mol. The van der Waals surface area contributed by atoms with Crippen molar-refractivity contribution in [2.24, 2.45) is 5.92 Å². The van der Waals surface area contributed by atoms with E-state index < -0.39 is 16.1 Å². The maximum Gasteiger partial charge on any atom is 0.241 e. The number of likely N-dealkylation sites (tertiary alicyclic amines) is 1. The Labute approximate surface area is 122 Å². The first-order chi connectivity index (χ1) is 9.45. The molecule has 0 aromatic rings. The Kier molecular flexibility index (Phi) is 5.07. The van der Waals surface area contributed by atoms with Crippen LogP contribution >= 0.6 is 0 Å². The molecule has 0 aromatic carbocycles. The Hall–Kier alpha value is -0.620. The molecule has 20 heavy (non-hydrogen) atoms. The van der Waals surface area contributed by atoms with Crippen LogP contribution in [-0.2, 0) is 14.8 Å². The zero-order valence-corrected chi connectivity index (χ0v) is 13.4. The Balaban J connectivity index is 2.05. The zero-order valence-electron chi connectivity index (χ0n) is 12.5. The van der Waals surface area contributed by atoms with Crippen LogP contribution in [0.15, 0.2) is 0 Å². The molecule has 0 bridgehead atoms. The highest BCUT2D eigenvalue weighted by Crippen LogP contribution is 2.25.